The summed E-state index contributed by atoms with van der Waals surface area (Å²) in [5.74, 6) is 0.751. The quantitative estimate of drug-likeness (QED) is 0.831. The predicted molar refractivity (Wildman–Crippen MR) is 55.8 cm³/mol. The summed E-state index contributed by atoms with van der Waals surface area (Å²) >= 11 is 0. The highest BCUT2D eigenvalue weighted by atomic mass is 16.7. The molecule has 0 aromatic heterocycles. The maximum absolute atomic E-state index is 10.6. The van der Waals surface area contributed by atoms with E-state index in [0.717, 1.165) is 16.4 Å². The van der Waals surface area contributed by atoms with Crippen molar-refractivity contribution in [2.75, 3.05) is 7.11 Å². The third kappa shape index (κ3) is 1.99. The molecule has 1 heterocycles. The van der Waals surface area contributed by atoms with Crippen LogP contribution in [0.1, 0.15) is 11.7 Å². The molecule has 16 heavy (non-hydrogen) atoms. The molecule has 1 atom stereocenters. The van der Waals surface area contributed by atoms with Crippen LogP contribution in [0.3, 0.4) is 0 Å². The number of benzene rings is 1. The normalized spacial score (nSPS) is 18.8. The number of hydrogen-bond donors (Lipinski definition) is 1. The Morgan fingerprint density at radius 2 is 2.12 bits per heavy atom. The molecule has 0 bridgehead atoms. The van der Waals surface area contributed by atoms with E-state index in [1.165, 1.54) is 6.20 Å². The second-order valence-electron chi connectivity index (χ2n) is 3.25. The van der Waals surface area contributed by atoms with E-state index in [-0.39, 0.29) is 6.10 Å². The monoisotopic (exact) mass is 221 g/mol. The van der Waals surface area contributed by atoms with Gasteiger partial charge < -0.3 is 9.84 Å². The van der Waals surface area contributed by atoms with Crippen LogP contribution >= 0.6 is 0 Å². The molecule has 0 unspecified atom stereocenters. The van der Waals surface area contributed by atoms with Gasteiger partial charge in [-0.25, -0.2) is 4.79 Å². The fraction of sp³-hybridized carbons (Fsp3) is 0.182. The lowest BCUT2D eigenvalue weighted by Crippen LogP contribution is -2.21. The number of rotatable bonds is 2. The van der Waals surface area contributed by atoms with Crippen molar-refractivity contribution in [3.05, 3.63) is 42.1 Å². The largest absolute Gasteiger partial charge is 0.497 e. The van der Waals surface area contributed by atoms with Crippen molar-refractivity contribution in [3.63, 3.8) is 0 Å². The van der Waals surface area contributed by atoms with Crippen molar-refractivity contribution in [2.24, 2.45) is 0 Å². The van der Waals surface area contributed by atoms with Gasteiger partial charge in [-0.05, 0) is 23.8 Å². The average Bonchev–Trinajstić information content (AvgIpc) is 2.78. The lowest BCUT2D eigenvalue weighted by Gasteiger charge is -2.13. The molecule has 1 aromatic rings. The number of methoxy groups -OCH3 is 1. The summed E-state index contributed by atoms with van der Waals surface area (Å²) in [6, 6.07) is 7.27. The Balaban J connectivity index is 2.09. The molecule has 1 N–H and O–H groups in total. The van der Waals surface area contributed by atoms with E-state index >= 15 is 0 Å². The van der Waals surface area contributed by atoms with Gasteiger partial charge in [0.15, 0.2) is 0 Å². The lowest BCUT2D eigenvalue weighted by molar-refractivity contribution is -0.106. The molecule has 0 aliphatic carbocycles. The van der Waals surface area contributed by atoms with Gasteiger partial charge in [-0.2, -0.15) is 5.06 Å². The molecule has 0 fully saturated rings. The summed E-state index contributed by atoms with van der Waals surface area (Å²) in [6.45, 7) is 0. The molecule has 5 heteroatoms. The van der Waals surface area contributed by atoms with Crippen molar-refractivity contribution in [1.29, 1.82) is 0 Å². The van der Waals surface area contributed by atoms with Crippen LogP contribution in [0.2, 0.25) is 0 Å². The van der Waals surface area contributed by atoms with Gasteiger partial charge in [0.1, 0.15) is 11.9 Å². The number of carboxylic acid groups (broad SMARTS) is 1. The molecule has 1 aromatic carbocycles. The minimum Gasteiger partial charge on any atom is -0.497 e. The van der Waals surface area contributed by atoms with Crippen LogP contribution in [0.25, 0.3) is 0 Å². The van der Waals surface area contributed by atoms with Gasteiger partial charge in [-0.15, -0.1) is 0 Å². The fourth-order valence-corrected chi connectivity index (χ4v) is 1.42. The van der Waals surface area contributed by atoms with E-state index in [2.05, 4.69) is 0 Å². The van der Waals surface area contributed by atoms with Crippen LogP contribution < -0.4 is 4.74 Å². The average molecular weight is 221 g/mol. The molecular weight excluding hydrogens is 210 g/mol. The van der Waals surface area contributed by atoms with Gasteiger partial charge in [-0.3, -0.25) is 4.84 Å². The van der Waals surface area contributed by atoms with E-state index < -0.39 is 6.09 Å². The first-order valence-electron chi connectivity index (χ1n) is 4.72. The van der Waals surface area contributed by atoms with E-state index in [0.29, 0.717) is 0 Å². The first-order valence-corrected chi connectivity index (χ1v) is 4.72. The molecule has 1 amide bonds. The molecular formula is C11H11NO4. The molecule has 0 radical (unpaired) electrons. The number of ether oxygens (including phenoxy) is 1. The Bertz CT molecular complexity index is 412. The summed E-state index contributed by atoms with van der Waals surface area (Å²) < 4.78 is 5.03. The molecule has 0 saturated carbocycles. The van der Waals surface area contributed by atoms with Crippen molar-refractivity contribution in [1.82, 2.24) is 5.06 Å². The summed E-state index contributed by atoms with van der Waals surface area (Å²) in [7, 11) is 1.59. The topological polar surface area (TPSA) is 59.0 Å². The number of carbonyl (C=O) groups is 1. The first-order chi connectivity index (χ1) is 7.70. The highest BCUT2D eigenvalue weighted by molar-refractivity contribution is 5.65. The highest BCUT2D eigenvalue weighted by Gasteiger charge is 2.22. The van der Waals surface area contributed by atoms with Crippen LogP contribution in [0.15, 0.2) is 36.5 Å². The van der Waals surface area contributed by atoms with E-state index in [9.17, 15) is 4.79 Å². The van der Waals surface area contributed by atoms with Crippen molar-refractivity contribution in [3.8, 4) is 5.75 Å². The number of nitrogens with zero attached hydrogens (tertiary/aromatic N) is 1. The van der Waals surface area contributed by atoms with Crippen LogP contribution in [0.4, 0.5) is 4.79 Å². The van der Waals surface area contributed by atoms with Gasteiger partial charge in [0.2, 0.25) is 0 Å². The summed E-state index contributed by atoms with van der Waals surface area (Å²) in [6.07, 6.45) is 1.57. The lowest BCUT2D eigenvalue weighted by atomic mass is 10.1. The predicted octanol–water partition coefficient (Wildman–Crippen LogP) is 2.18. The van der Waals surface area contributed by atoms with Crippen LogP contribution in [0, 0.1) is 0 Å². The Labute approximate surface area is 92.5 Å². The van der Waals surface area contributed by atoms with Gasteiger partial charge in [0, 0.05) is 6.20 Å². The maximum atomic E-state index is 10.6. The van der Waals surface area contributed by atoms with Crippen molar-refractivity contribution < 1.29 is 19.5 Å². The summed E-state index contributed by atoms with van der Waals surface area (Å²) in [4.78, 5) is 15.8. The Morgan fingerprint density at radius 3 is 2.62 bits per heavy atom. The molecule has 0 spiro atoms. The zero-order valence-corrected chi connectivity index (χ0v) is 8.66. The SMILES string of the molecule is COc1ccc([C@@H]2C=CN(C(=O)O)O2)cc1. The smallest absolute Gasteiger partial charge is 0.435 e. The van der Waals surface area contributed by atoms with Crippen LogP contribution in [-0.2, 0) is 4.84 Å². The van der Waals surface area contributed by atoms with Crippen LogP contribution in [0.5, 0.6) is 5.75 Å². The molecule has 2 rings (SSSR count). The zero-order valence-electron chi connectivity index (χ0n) is 8.66. The highest BCUT2D eigenvalue weighted by Crippen LogP contribution is 2.27. The second-order valence-corrected chi connectivity index (χ2v) is 3.25. The molecule has 0 saturated heterocycles. The van der Waals surface area contributed by atoms with E-state index in [1.807, 2.05) is 12.1 Å². The summed E-state index contributed by atoms with van der Waals surface area (Å²) in [5, 5.41) is 9.48. The molecule has 5 nitrogen and oxygen atoms in total. The van der Waals surface area contributed by atoms with Gasteiger partial charge in [-0.1, -0.05) is 12.1 Å². The molecule has 1 aliphatic rings. The standard InChI is InChI=1S/C11H11NO4/c1-15-9-4-2-8(3-5-9)10-6-7-12(16-10)11(13)14/h2-7,10H,1H3,(H,13,14)/t10-/m0/s1. The van der Waals surface area contributed by atoms with E-state index in [4.69, 9.17) is 14.7 Å². The summed E-state index contributed by atoms with van der Waals surface area (Å²) in [5.41, 5.74) is 0.876. The number of hydrogen-bond acceptors (Lipinski definition) is 3. The minimum atomic E-state index is -1.13. The third-order valence-electron chi connectivity index (χ3n) is 2.26. The molecule has 84 valence electrons. The number of hydroxylamine groups is 2. The second kappa shape index (κ2) is 4.24. The van der Waals surface area contributed by atoms with Crippen molar-refractivity contribution in [2.45, 2.75) is 6.10 Å². The minimum absolute atomic E-state index is 0.359. The van der Waals surface area contributed by atoms with Gasteiger partial charge >= 0.3 is 6.09 Å². The molecule has 1 aliphatic heterocycles. The third-order valence-corrected chi connectivity index (χ3v) is 2.26. The van der Waals surface area contributed by atoms with Gasteiger partial charge in [0.05, 0.1) is 7.11 Å². The van der Waals surface area contributed by atoms with Crippen LogP contribution in [-0.4, -0.2) is 23.4 Å². The Kier molecular flexibility index (Phi) is 2.78. The van der Waals surface area contributed by atoms with Crippen molar-refractivity contribution >= 4 is 6.09 Å². The Morgan fingerprint density at radius 1 is 1.44 bits per heavy atom. The Hall–Kier alpha value is -2.01. The number of amides is 1. The van der Waals surface area contributed by atoms with E-state index in [1.54, 1.807) is 25.3 Å². The zero-order chi connectivity index (χ0) is 11.5. The maximum Gasteiger partial charge on any atom is 0.435 e. The van der Waals surface area contributed by atoms with Gasteiger partial charge in [0.25, 0.3) is 0 Å². The fourth-order valence-electron chi connectivity index (χ4n) is 1.42. The first kappa shape index (κ1) is 10.5.